The summed E-state index contributed by atoms with van der Waals surface area (Å²) in [6.07, 6.45) is -3.72. The molecule has 6 nitrogen and oxygen atoms in total. The molecule has 0 aliphatic rings. The zero-order valence-electron chi connectivity index (χ0n) is 12.9. The number of halogens is 3. The summed E-state index contributed by atoms with van der Waals surface area (Å²) >= 11 is 0. The van der Waals surface area contributed by atoms with E-state index in [1.165, 1.54) is 7.05 Å². The zero-order valence-corrected chi connectivity index (χ0v) is 12.9. The minimum atomic E-state index is -4.73. The van der Waals surface area contributed by atoms with E-state index in [1.807, 2.05) is 0 Å². The maximum atomic E-state index is 12.9. The van der Waals surface area contributed by atoms with Crippen molar-refractivity contribution in [2.75, 3.05) is 13.1 Å². The number of nitrogens with zero attached hydrogens (tertiary/aromatic N) is 3. The van der Waals surface area contributed by atoms with Gasteiger partial charge >= 0.3 is 6.18 Å². The Hall–Kier alpha value is -2.06. The number of carbonyl (C=O) groups is 2. The van der Waals surface area contributed by atoms with Crippen LogP contribution >= 0.6 is 0 Å². The predicted octanol–water partition coefficient (Wildman–Crippen LogP) is 1.43. The highest BCUT2D eigenvalue weighted by Crippen LogP contribution is 2.31. The van der Waals surface area contributed by atoms with E-state index in [-0.39, 0.29) is 19.1 Å². The molecule has 22 heavy (non-hydrogen) atoms. The lowest BCUT2D eigenvalue weighted by atomic mass is 10.2. The van der Waals surface area contributed by atoms with E-state index < -0.39 is 29.2 Å². The average molecular weight is 320 g/mol. The van der Waals surface area contributed by atoms with Crippen LogP contribution in [0.5, 0.6) is 0 Å². The molecule has 1 aromatic rings. The van der Waals surface area contributed by atoms with Gasteiger partial charge in [-0.15, -0.1) is 0 Å². The third-order valence-corrected chi connectivity index (χ3v) is 2.78. The SMILES string of the molecule is CCN(CC(=O)NC(C)C)C(=O)c1cn(C)nc1C(F)(F)F. The van der Waals surface area contributed by atoms with Crippen molar-refractivity contribution in [1.82, 2.24) is 20.0 Å². The van der Waals surface area contributed by atoms with Crippen LogP contribution in [0.25, 0.3) is 0 Å². The maximum absolute atomic E-state index is 12.9. The molecule has 0 unspecified atom stereocenters. The molecule has 9 heteroatoms. The Morgan fingerprint density at radius 1 is 1.41 bits per heavy atom. The van der Waals surface area contributed by atoms with Crippen molar-refractivity contribution in [2.45, 2.75) is 33.0 Å². The third-order valence-electron chi connectivity index (χ3n) is 2.78. The molecule has 0 saturated heterocycles. The molecular weight excluding hydrogens is 301 g/mol. The number of likely N-dealkylation sites (N-methyl/N-ethyl adjacent to an activating group) is 1. The fourth-order valence-corrected chi connectivity index (χ4v) is 1.89. The van der Waals surface area contributed by atoms with E-state index in [9.17, 15) is 22.8 Å². The van der Waals surface area contributed by atoms with Crippen molar-refractivity contribution >= 4 is 11.8 Å². The molecule has 0 atom stereocenters. The van der Waals surface area contributed by atoms with E-state index in [0.717, 1.165) is 15.8 Å². The van der Waals surface area contributed by atoms with Crippen molar-refractivity contribution in [1.29, 1.82) is 0 Å². The smallest absolute Gasteiger partial charge is 0.352 e. The largest absolute Gasteiger partial charge is 0.435 e. The minimum absolute atomic E-state index is 0.108. The van der Waals surface area contributed by atoms with Crippen LogP contribution in [0.4, 0.5) is 13.2 Å². The molecule has 0 fully saturated rings. The first-order chi connectivity index (χ1) is 10.1. The number of aryl methyl sites for hydroxylation is 1. The number of alkyl halides is 3. The summed E-state index contributed by atoms with van der Waals surface area (Å²) in [4.78, 5) is 25.0. The monoisotopic (exact) mass is 320 g/mol. The molecule has 0 aromatic carbocycles. The van der Waals surface area contributed by atoms with Crippen molar-refractivity contribution in [3.63, 3.8) is 0 Å². The Morgan fingerprint density at radius 3 is 2.45 bits per heavy atom. The number of nitrogens with one attached hydrogen (secondary N) is 1. The van der Waals surface area contributed by atoms with Gasteiger partial charge < -0.3 is 10.2 Å². The lowest BCUT2D eigenvalue weighted by molar-refractivity contribution is -0.141. The van der Waals surface area contributed by atoms with Crippen molar-refractivity contribution < 1.29 is 22.8 Å². The lowest BCUT2D eigenvalue weighted by Crippen LogP contribution is -2.43. The highest BCUT2D eigenvalue weighted by Gasteiger charge is 2.39. The van der Waals surface area contributed by atoms with Crippen LogP contribution in [0.1, 0.15) is 36.8 Å². The van der Waals surface area contributed by atoms with E-state index in [1.54, 1.807) is 20.8 Å². The first-order valence-corrected chi connectivity index (χ1v) is 6.75. The number of rotatable bonds is 5. The van der Waals surface area contributed by atoms with Gasteiger partial charge in [-0.3, -0.25) is 14.3 Å². The molecular formula is C13H19F3N4O2. The second-order valence-electron chi connectivity index (χ2n) is 5.10. The highest BCUT2D eigenvalue weighted by atomic mass is 19.4. The van der Waals surface area contributed by atoms with Gasteiger partial charge in [-0.2, -0.15) is 18.3 Å². The van der Waals surface area contributed by atoms with Gasteiger partial charge in [0.25, 0.3) is 5.91 Å². The van der Waals surface area contributed by atoms with Gasteiger partial charge in [0.2, 0.25) is 5.91 Å². The maximum Gasteiger partial charge on any atom is 0.435 e. The van der Waals surface area contributed by atoms with Crippen molar-refractivity contribution in [3.8, 4) is 0 Å². The predicted molar refractivity (Wildman–Crippen MR) is 73.1 cm³/mol. The summed E-state index contributed by atoms with van der Waals surface area (Å²) in [5, 5.41) is 5.88. The van der Waals surface area contributed by atoms with Crippen LogP contribution in [-0.2, 0) is 18.0 Å². The third kappa shape index (κ3) is 4.47. The molecule has 1 heterocycles. The Kier molecular flexibility index (Phi) is 5.56. The molecule has 0 spiro atoms. The Morgan fingerprint density at radius 2 is 2.00 bits per heavy atom. The van der Waals surface area contributed by atoms with Crippen LogP contribution in [0.2, 0.25) is 0 Å². The lowest BCUT2D eigenvalue weighted by Gasteiger charge is -2.21. The number of aromatic nitrogens is 2. The summed E-state index contributed by atoms with van der Waals surface area (Å²) in [5.41, 5.74) is -1.81. The molecule has 1 aromatic heterocycles. The van der Waals surface area contributed by atoms with Crippen LogP contribution < -0.4 is 5.32 Å². The average Bonchev–Trinajstić information content (AvgIpc) is 2.76. The first kappa shape index (κ1) is 18.0. The number of hydrogen-bond donors (Lipinski definition) is 1. The quantitative estimate of drug-likeness (QED) is 0.892. The number of amides is 2. The van der Waals surface area contributed by atoms with E-state index in [2.05, 4.69) is 10.4 Å². The second kappa shape index (κ2) is 6.80. The summed E-state index contributed by atoms with van der Waals surface area (Å²) < 4.78 is 39.6. The fourth-order valence-electron chi connectivity index (χ4n) is 1.89. The number of hydrogen-bond acceptors (Lipinski definition) is 3. The van der Waals surface area contributed by atoms with Crippen LogP contribution in [0, 0.1) is 0 Å². The van der Waals surface area contributed by atoms with Crippen molar-refractivity contribution in [2.24, 2.45) is 7.05 Å². The molecule has 1 rings (SSSR count). The molecule has 124 valence electrons. The summed E-state index contributed by atoms with van der Waals surface area (Å²) in [6, 6.07) is -0.120. The molecule has 0 radical (unpaired) electrons. The van der Waals surface area contributed by atoms with E-state index in [0.29, 0.717) is 0 Å². The normalized spacial score (nSPS) is 11.6. The Bertz CT molecular complexity index is 552. The summed E-state index contributed by atoms with van der Waals surface area (Å²) in [6.45, 7) is 4.89. The van der Waals surface area contributed by atoms with Gasteiger partial charge in [0, 0.05) is 25.8 Å². The van der Waals surface area contributed by atoms with Gasteiger partial charge in [-0.05, 0) is 20.8 Å². The highest BCUT2D eigenvalue weighted by molar-refractivity contribution is 5.97. The Balaban J connectivity index is 3.00. The second-order valence-corrected chi connectivity index (χ2v) is 5.10. The van der Waals surface area contributed by atoms with Gasteiger partial charge in [0.15, 0.2) is 5.69 Å². The van der Waals surface area contributed by atoms with E-state index >= 15 is 0 Å². The van der Waals surface area contributed by atoms with Gasteiger partial charge in [0.1, 0.15) is 0 Å². The van der Waals surface area contributed by atoms with Gasteiger partial charge in [-0.1, -0.05) is 0 Å². The number of carbonyl (C=O) groups excluding carboxylic acids is 2. The summed E-state index contributed by atoms with van der Waals surface area (Å²) in [7, 11) is 1.30. The topological polar surface area (TPSA) is 67.2 Å². The van der Waals surface area contributed by atoms with Crippen LogP contribution in [-0.4, -0.2) is 45.6 Å². The Labute approximate surface area is 126 Å². The first-order valence-electron chi connectivity index (χ1n) is 6.75. The molecule has 0 bridgehead atoms. The van der Waals surface area contributed by atoms with Crippen LogP contribution in [0.3, 0.4) is 0 Å². The molecule has 0 aliphatic carbocycles. The van der Waals surface area contributed by atoms with Crippen molar-refractivity contribution in [3.05, 3.63) is 17.5 Å². The minimum Gasteiger partial charge on any atom is -0.352 e. The molecule has 0 aliphatic heterocycles. The summed E-state index contributed by atoms with van der Waals surface area (Å²) in [5.74, 6) is -1.30. The zero-order chi connectivity index (χ0) is 17.1. The van der Waals surface area contributed by atoms with Gasteiger partial charge in [0.05, 0.1) is 12.1 Å². The molecule has 2 amide bonds. The molecule has 1 N–H and O–H groups in total. The molecule has 0 saturated carbocycles. The standard InChI is InChI=1S/C13H19F3N4O2/c1-5-20(7-10(21)17-8(2)3)12(22)9-6-19(4)18-11(9)13(14,15)16/h6,8H,5,7H2,1-4H3,(H,17,21). The van der Waals surface area contributed by atoms with Crippen LogP contribution in [0.15, 0.2) is 6.20 Å². The fraction of sp³-hybridized carbons (Fsp3) is 0.615. The van der Waals surface area contributed by atoms with E-state index in [4.69, 9.17) is 0 Å². The van der Waals surface area contributed by atoms with Gasteiger partial charge in [-0.25, -0.2) is 0 Å².